The molecule has 33 heavy (non-hydrogen) atoms. The van der Waals surface area contributed by atoms with Crippen LogP contribution in [-0.2, 0) is 11.2 Å². The number of carbonyl (C=O) groups excluding carboxylic acids is 1. The summed E-state index contributed by atoms with van der Waals surface area (Å²) in [6.07, 6.45) is 4.15. The second kappa shape index (κ2) is 10.5. The van der Waals surface area contributed by atoms with Crippen LogP contribution in [0.15, 0.2) is 35.7 Å². The molecule has 0 fully saturated rings. The van der Waals surface area contributed by atoms with Crippen LogP contribution in [0.5, 0.6) is 0 Å². The van der Waals surface area contributed by atoms with Crippen LogP contribution in [0.25, 0.3) is 11.0 Å². The van der Waals surface area contributed by atoms with Gasteiger partial charge in [-0.3, -0.25) is 9.59 Å². The number of rotatable bonds is 11. The predicted molar refractivity (Wildman–Crippen MR) is 134 cm³/mol. The molecule has 2 aromatic heterocycles. The number of aliphatic carboxylic acids is 1. The Bertz CT molecular complexity index is 1100. The summed E-state index contributed by atoms with van der Waals surface area (Å²) in [4.78, 5) is 31.1. The molecule has 7 heteroatoms. The van der Waals surface area contributed by atoms with Crippen LogP contribution in [0, 0.1) is 5.41 Å². The molecule has 0 bridgehead atoms. The minimum Gasteiger partial charge on any atom is -0.481 e. The van der Waals surface area contributed by atoms with E-state index in [1.54, 1.807) is 25.2 Å². The fraction of sp³-hybridized carbons (Fsp3) is 0.500. The molecule has 0 saturated carbocycles. The average Bonchev–Trinajstić information content (AvgIpc) is 3.42. The third-order valence-corrected chi connectivity index (χ3v) is 7.43. The standard InChI is InChI=1S/C26H35N3O3S/c1-6-10-22(26(4,5)25(31)32)28-24(30)17-12-13-21-20(15-17)27-23(16-19-11-9-14-33-19)29(21)18(7-2)8-3/h9,11-15,18,22H,6-8,10,16H2,1-5H3,(H,28,30)(H,31,32)/t22-/m1/s1. The van der Waals surface area contributed by atoms with Crippen LogP contribution in [-0.4, -0.2) is 32.6 Å². The lowest BCUT2D eigenvalue weighted by atomic mass is 9.82. The number of benzene rings is 1. The lowest BCUT2D eigenvalue weighted by molar-refractivity contribution is -0.148. The monoisotopic (exact) mass is 469 g/mol. The van der Waals surface area contributed by atoms with Crippen molar-refractivity contribution in [2.75, 3.05) is 0 Å². The molecule has 0 saturated heterocycles. The van der Waals surface area contributed by atoms with Gasteiger partial charge in [0.15, 0.2) is 0 Å². The number of thiophene rings is 1. The summed E-state index contributed by atoms with van der Waals surface area (Å²) >= 11 is 1.72. The normalized spacial score (nSPS) is 12.9. The Morgan fingerprint density at radius 3 is 2.48 bits per heavy atom. The molecular formula is C26H35N3O3S. The summed E-state index contributed by atoms with van der Waals surface area (Å²) in [7, 11) is 0. The molecule has 2 heterocycles. The molecule has 3 rings (SSSR count). The number of hydrogen-bond donors (Lipinski definition) is 2. The van der Waals surface area contributed by atoms with E-state index in [1.807, 2.05) is 25.1 Å². The smallest absolute Gasteiger partial charge is 0.311 e. The van der Waals surface area contributed by atoms with E-state index in [0.717, 1.165) is 42.5 Å². The van der Waals surface area contributed by atoms with E-state index < -0.39 is 17.4 Å². The summed E-state index contributed by atoms with van der Waals surface area (Å²) in [5.41, 5.74) is 1.27. The number of nitrogens with one attached hydrogen (secondary N) is 1. The molecule has 2 N–H and O–H groups in total. The first-order valence-electron chi connectivity index (χ1n) is 11.8. The molecule has 1 atom stereocenters. The highest BCUT2D eigenvalue weighted by Gasteiger charge is 2.37. The van der Waals surface area contributed by atoms with E-state index >= 15 is 0 Å². The Kier molecular flexibility index (Phi) is 7.95. The van der Waals surface area contributed by atoms with Crippen molar-refractivity contribution in [3.05, 3.63) is 52.0 Å². The van der Waals surface area contributed by atoms with E-state index in [2.05, 4.69) is 41.2 Å². The maximum atomic E-state index is 13.1. The highest BCUT2D eigenvalue weighted by molar-refractivity contribution is 7.09. The molecule has 0 aliphatic heterocycles. The Labute approximate surface area is 200 Å². The van der Waals surface area contributed by atoms with Gasteiger partial charge in [-0.15, -0.1) is 11.3 Å². The summed E-state index contributed by atoms with van der Waals surface area (Å²) in [5, 5.41) is 14.7. The van der Waals surface area contributed by atoms with Crippen LogP contribution < -0.4 is 5.32 Å². The third kappa shape index (κ3) is 5.29. The maximum Gasteiger partial charge on any atom is 0.311 e. The summed E-state index contributed by atoms with van der Waals surface area (Å²) < 4.78 is 2.32. The van der Waals surface area contributed by atoms with E-state index in [9.17, 15) is 14.7 Å². The Balaban J connectivity index is 1.97. The molecule has 1 aromatic carbocycles. The van der Waals surface area contributed by atoms with Crippen molar-refractivity contribution >= 4 is 34.2 Å². The summed E-state index contributed by atoms with van der Waals surface area (Å²) in [6.45, 7) is 9.69. The van der Waals surface area contributed by atoms with Crippen LogP contribution in [0.3, 0.4) is 0 Å². The number of fused-ring (bicyclic) bond motifs is 1. The minimum atomic E-state index is -1.05. The van der Waals surface area contributed by atoms with Crippen molar-refractivity contribution in [1.29, 1.82) is 0 Å². The molecule has 0 aliphatic rings. The SMILES string of the molecule is CCC[C@@H](NC(=O)c1ccc2c(c1)nc(Cc1cccs1)n2C(CC)CC)C(C)(C)C(=O)O. The van der Waals surface area contributed by atoms with Gasteiger partial charge in [0.25, 0.3) is 5.91 Å². The van der Waals surface area contributed by atoms with Crippen LogP contribution in [0.4, 0.5) is 0 Å². The molecule has 178 valence electrons. The lowest BCUT2D eigenvalue weighted by Crippen LogP contribution is -2.48. The van der Waals surface area contributed by atoms with Crippen LogP contribution in [0.2, 0.25) is 0 Å². The van der Waals surface area contributed by atoms with Gasteiger partial charge in [-0.1, -0.05) is 33.3 Å². The summed E-state index contributed by atoms with van der Waals surface area (Å²) in [5.74, 6) is -0.171. The Morgan fingerprint density at radius 2 is 1.91 bits per heavy atom. The van der Waals surface area contributed by atoms with Gasteiger partial charge in [0.2, 0.25) is 0 Å². The number of nitrogens with zero attached hydrogens (tertiary/aromatic N) is 2. The van der Waals surface area contributed by atoms with E-state index in [1.165, 1.54) is 4.88 Å². The van der Waals surface area contributed by atoms with Gasteiger partial charge in [0.1, 0.15) is 5.82 Å². The quantitative estimate of drug-likeness (QED) is 0.357. The van der Waals surface area contributed by atoms with Gasteiger partial charge < -0.3 is 15.0 Å². The van der Waals surface area contributed by atoms with Gasteiger partial charge in [0.05, 0.1) is 16.4 Å². The fourth-order valence-corrected chi connectivity index (χ4v) is 5.04. The molecule has 0 radical (unpaired) electrons. The first-order chi connectivity index (χ1) is 15.7. The van der Waals surface area contributed by atoms with Gasteiger partial charge in [0, 0.05) is 28.9 Å². The van der Waals surface area contributed by atoms with Gasteiger partial charge >= 0.3 is 5.97 Å². The maximum absolute atomic E-state index is 13.1. The molecule has 3 aromatic rings. The van der Waals surface area contributed by atoms with Gasteiger partial charge in [-0.25, -0.2) is 4.98 Å². The van der Waals surface area contributed by atoms with E-state index in [-0.39, 0.29) is 5.91 Å². The molecule has 1 amide bonds. The number of imidazole rings is 1. The number of carbonyl (C=O) groups is 2. The molecule has 0 aliphatic carbocycles. The number of hydrogen-bond acceptors (Lipinski definition) is 4. The van der Waals surface area contributed by atoms with Crippen molar-refractivity contribution in [3.8, 4) is 0 Å². The predicted octanol–water partition coefficient (Wildman–Crippen LogP) is 6.06. The largest absolute Gasteiger partial charge is 0.481 e. The van der Waals surface area contributed by atoms with Crippen molar-refractivity contribution < 1.29 is 14.7 Å². The van der Waals surface area contributed by atoms with Crippen molar-refractivity contribution in [1.82, 2.24) is 14.9 Å². The first-order valence-corrected chi connectivity index (χ1v) is 12.7. The topological polar surface area (TPSA) is 84.2 Å². The Hall–Kier alpha value is -2.67. The zero-order valence-electron chi connectivity index (χ0n) is 20.2. The van der Waals surface area contributed by atoms with Crippen LogP contribution >= 0.6 is 11.3 Å². The number of amides is 1. The number of aromatic nitrogens is 2. The molecule has 0 unspecified atom stereocenters. The fourth-order valence-electron chi connectivity index (χ4n) is 4.34. The lowest BCUT2D eigenvalue weighted by Gasteiger charge is -2.31. The number of carboxylic acid groups (broad SMARTS) is 1. The number of carboxylic acids is 1. The molecular weight excluding hydrogens is 434 g/mol. The molecule has 6 nitrogen and oxygen atoms in total. The zero-order chi connectivity index (χ0) is 24.2. The first kappa shape index (κ1) is 25.0. The van der Waals surface area contributed by atoms with Crippen molar-refractivity contribution in [2.45, 2.75) is 78.8 Å². The second-order valence-corrected chi connectivity index (χ2v) is 10.2. The van der Waals surface area contributed by atoms with Crippen molar-refractivity contribution in [3.63, 3.8) is 0 Å². The minimum absolute atomic E-state index is 0.262. The molecule has 0 spiro atoms. The van der Waals surface area contributed by atoms with Crippen molar-refractivity contribution in [2.24, 2.45) is 5.41 Å². The van der Waals surface area contributed by atoms with Gasteiger partial charge in [-0.05, 0) is 62.8 Å². The van der Waals surface area contributed by atoms with Crippen LogP contribution in [0.1, 0.15) is 87.4 Å². The Morgan fingerprint density at radius 1 is 1.18 bits per heavy atom. The average molecular weight is 470 g/mol. The highest BCUT2D eigenvalue weighted by Crippen LogP contribution is 2.29. The second-order valence-electron chi connectivity index (χ2n) is 9.17. The highest BCUT2D eigenvalue weighted by atomic mass is 32.1. The van der Waals surface area contributed by atoms with E-state index in [4.69, 9.17) is 4.98 Å². The van der Waals surface area contributed by atoms with E-state index in [0.29, 0.717) is 18.0 Å². The summed E-state index contributed by atoms with van der Waals surface area (Å²) in [6, 6.07) is 9.69. The third-order valence-electron chi connectivity index (χ3n) is 6.55. The van der Waals surface area contributed by atoms with Gasteiger partial charge in [-0.2, -0.15) is 0 Å². The zero-order valence-corrected chi connectivity index (χ0v) is 21.0.